The Morgan fingerprint density at radius 2 is 2.00 bits per heavy atom. The van der Waals surface area contributed by atoms with Gasteiger partial charge in [0.25, 0.3) is 0 Å². The van der Waals surface area contributed by atoms with Crippen LogP contribution >= 0.6 is 0 Å². The maximum atomic E-state index is 12.7. The van der Waals surface area contributed by atoms with Gasteiger partial charge in [0.2, 0.25) is 0 Å². The molecule has 4 atom stereocenters. The highest BCUT2D eigenvalue weighted by atomic mass is 16.5. The van der Waals surface area contributed by atoms with Gasteiger partial charge >= 0.3 is 5.97 Å². The van der Waals surface area contributed by atoms with E-state index in [2.05, 4.69) is 6.58 Å². The third-order valence-corrected chi connectivity index (χ3v) is 4.82. The van der Waals surface area contributed by atoms with Crippen LogP contribution in [0, 0.1) is 11.8 Å². The quantitative estimate of drug-likeness (QED) is 0.578. The Morgan fingerprint density at radius 1 is 1.37 bits per heavy atom. The molecule has 0 unspecified atom stereocenters. The fourth-order valence-electron chi connectivity index (χ4n) is 3.22. The fourth-order valence-corrected chi connectivity index (χ4v) is 3.22. The number of carbonyl (C=O) groups is 2. The molecule has 27 heavy (non-hydrogen) atoms. The zero-order chi connectivity index (χ0) is 20.8. The van der Waals surface area contributed by atoms with E-state index in [-0.39, 0.29) is 12.3 Å². The van der Waals surface area contributed by atoms with Gasteiger partial charge in [-0.15, -0.1) is 0 Å². The Balaban J connectivity index is 3.38. The molecular weight excluding hydrogens is 348 g/mol. The maximum Gasteiger partial charge on any atom is 0.316 e. The molecule has 1 aliphatic heterocycles. The topological polar surface area (TPSA) is 93.1 Å². The summed E-state index contributed by atoms with van der Waals surface area (Å²) in [6, 6.07) is 0. The summed E-state index contributed by atoms with van der Waals surface area (Å²) in [5.74, 6) is -2.33. The molecule has 0 radical (unpaired) electrons. The number of ether oxygens (including phenoxy) is 2. The molecule has 0 fully saturated rings. The van der Waals surface area contributed by atoms with Crippen LogP contribution in [0.2, 0.25) is 0 Å². The highest BCUT2D eigenvalue weighted by molar-refractivity contribution is 6.03. The van der Waals surface area contributed by atoms with Crippen molar-refractivity contribution in [1.29, 1.82) is 0 Å². The molecule has 1 aliphatic rings. The number of hydrogen-bond donors (Lipinski definition) is 2. The van der Waals surface area contributed by atoms with Crippen LogP contribution in [0.4, 0.5) is 0 Å². The summed E-state index contributed by atoms with van der Waals surface area (Å²) in [7, 11) is 1.44. The molecule has 1 rings (SSSR count). The highest BCUT2D eigenvalue weighted by Crippen LogP contribution is 2.27. The number of aliphatic hydroxyl groups excluding tert-OH is 1. The average Bonchev–Trinajstić information content (AvgIpc) is 2.62. The Morgan fingerprint density at radius 3 is 2.52 bits per heavy atom. The van der Waals surface area contributed by atoms with Crippen molar-refractivity contribution >= 4 is 11.8 Å². The number of esters is 1. The van der Waals surface area contributed by atoms with Crippen LogP contribution in [0.25, 0.3) is 0 Å². The van der Waals surface area contributed by atoms with E-state index >= 15 is 0 Å². The van der Waals surface area contributed by atoms with Crippen molar-refractivity contribution in [2.24, 2.45) is 11.8 Å². The van der Waals surface area contributed by atoms with E-state index in [0.29, 0.717) is 18.6 Å². The van der Waals surface area contributed by atoms with Gasteiger partial charge in [-0.3, -0.25) is 9.59 Å². The Labute approximate surface area is 161 Å². The van der Waals surface area contributed by atoms with Crippen LogP contribution in [-0.2, 0) is 19.1 Å². The van der Waals surface area contributed by atoms with E-state index in [1.165, 1.54) is 14.0 Å². The number of allylic oxidation sites excluding steroid dienone is 3. The van der Waals surface area contributed by atoms with Gasteiger partial charge in [-0.1, -0.05) is 32.1 Å². The Bertz CT molecular complexity index is 633. The molecule has 152 valence electrons. The second kappa shape index (κ2) is 9.85. The van der Waals surface area contributed by atoms with Crippen molar-refractivity contribution in [2.75, 3.05) is 13.7 Å². The molecule has 0 saturated heterocycles. The number of aliphatic hydroxyl groups is 2. The number of methoxy groups -OCH3 is 1. The first-order chi connectivity index (χ1) is 12.6. The zero-order valence-electron chi connectivity index (χ0n) is 16.9. The first-order valence-electron chi connectivity index (χ1n) is 9.26. The number of cyclic esters (lactones) is 1. The lowest BCUT2D eigenvalue weighted by atomic mass is 9.86. The van der Waals surface area contributed by atoms with Gasteiger partial charge in [0.15, 0.2) is 11.4 Å². The van der Waals surface area contributed by atoms with Crippen molar-refractivity contribution in [3.8, 4) is 0 Å². The summed E-state index contributed by atoms with van der Waals surface area (Å²) in [4.78, 5) is 25.2. The average molecular weight is 380 g/mol. The molecule has 2 N–H and O–H groups in total. The fraction of sp³-hybridized carbons (Fsp3) is 0.619. The van der Waals surface area contributed by atoms with Crippen molar-refractivity contribution < 1.29 is 29.3 Å². The minimum atomic E-state index is -2.12. The first kappa shape index (κ1) is 23.1. The van der Waals surface area contributed by atoms with Crippen LogP contribution in [-0.4, -0.2) is 47.4 Å². The lowest BCUT2D eigenvalue weighted by Gasteiger charge is -2.29. The normalized spacial score (nSPS) is 35.4. The molecule has 0 spiro atoms. The molecule has 0 aromatic heterocycles. The largest absolute Gasteiger partial charge is 0.501 e. The molecule has 0 aromatic carbocycles. The van der Waals surface area contributed by atoms with Gasteiger partial charge in [-0.05, 0) is 44.3 Å². The predicted octanol–water partition coefficient (Wildman–Crippen LogP) is 2.70. The number of ketones is 1. The van der Waals surface area contributed by atoms with E-state index in [0.717, 1.165) is 11.1 Å². The number of Topliss-reactive ketones (excluding diaryl/α,β-unsaturated/α-hetero) is 1. The third-order valence-electron chi connectivity index (χ3n) is 4.82. The van der Waals surface area contributed by atoms with E-state index in [9.17, 15) is 19.8 Å². The van der Waals surface area contributed by atoms with Crippen LogP contribution < -0.4 is 0 Å². The molecule has 0 aliphatic carbocycles. The molecule has 0 aromatic rings. The Hall–Kier alpha value is -1.92. The predicted molar refractivity (Wildman–Crippen MR) is 103 cm³/mol. The standard InChI is InChI=1S/C21H32O6/c1-7-18-15(4)9-13(2)8-14(3)10-17(26-6)11-21(25,12-22)19(23)16(5)20(24)27-18/h9-10,14,16,18,22,25H,2,7-8,11-12H2,1,3-6H3/b15-9+,17-10+/t14-,16+,18-,21-/m0/s1. The summed E-state index contributed by atoms with van der Waals surface area (Å²) in [5, 5.41) is 20.4. The van der Waals surface area contributed by atoms with Gasteiger partial charge in [0.05, 0.1) is 19.5 Å². The maximum absolute atomic E-state index is 12.7. The highest BCUT2D eigenvalue weighted by Gasteiger charge is 2.42. The van der Waals surface area contributed by atoms with E-state index < -0.39 is 36.0 Å². The smallest absolute Gasteiger partial charge is 0.316 e. The molecule has 0 saturated carbocycles. The summed E-state index contributed by atoms with van der Waals surface area (Å²) in [5.41, 5.74) is -0.402. The number of hydrogen-bond acceptors (Lipinski definition) is 6. The van der Waals surface area contributed by atoms with Crippen LogP contribution in [0.3, 0.4) is 0 Å². The van der Waals surface area contributed by atoms with Gasteiger partial charge in [-0.2, -0.15) is 0 Å². The van der Waals surface area contributed by atoms with Crippen molar-refractivity contribution in [3.05, 3.63) is 35.6 Å². The molecule has 6 nitrogen and oxygen atoms in total. The van der Waals surface area contributed by atoms with Crippen LogP contribution in [0.15, 0.2) is 35.6 Å². The third kappa shape index (κ3) is 6.04. The van der Waals surface area contributed by atoms with Crippen LogP contribution in [0.1, 0.15) is 47.0 Å². The second-order valence-corrected chi connectivity index (χ2v) is 7.35. The molecule has 0 bridgehead atoms. The van der Waals surface area contributed by atoms with E-state index in [1.807, 2.05) is 26.8 Å². The second-order valence-electron chi connectivity index (χ2n) is 7.35. The summed E-state index contributed by atoms with van der Waals surface area (Å²) in [6.45, 7) is 10.3. The molecule has 1 heterocycles. The lowest BCUT2D eigenvalue weighted by molar-refractivity contribution is -0.162. The summed E-state index contributed by atoms with van der Waals surface area (Å²) >= 11 is 0. The summed E-state index contributed by atoms with van der Waals surface area (Å²) < 4.78 is 10.8. The number of rotatable bonds is 3. The van der Waals surface area contributed by atoms with Crippen molar-refractivity contribution in [3.63, 3.8) is 0 Å². The lowest BCUT2D eigenvalue weighted by Crippen LogP contribution is -2.48. The molecular formula is C21H32O6. The van der Waals surface area contributed by atoms with E-state index in [4.69, 9.17) is 9.47 Å². The van der Waals surface area contributed by atoms with Gasteiger partial charge in [0, 0.05) is 6.42 Å². The van der Waals surface area contributed by atoms with Gasteiger partial charge < -0.3 is 19.7 Å². The van der Waals surface area contributed by atoms with Crippen molar-refractivity contribution in [2.45, 2.75) is 58.7 Å². The Kier molecular flexibility index (Phi) is 8.44. The molecule has 6 heteroatoms. The minimum absolute atomic E-state index is 0.0394. The van der Waals surface area contributed by atoms with Crippen LogP contribution in [0.5, 0.6) is 0 Å². The first-order valence-corrected chi connectivity index (χ1v) is 9.26. The zero-order valence-corrected chi connectivity index (χ0v) is 16.9. The van der Waals surface area contributed by atoms with Gasteiger partial charge in [0.1, 0.15) is 12.0 Å². The number of carbonyl (C=O) groups excluding carboxylic acids is 2. The minimum Gasteiger partial charge on any atom is -0.501 e. The monoisotopic (exact) mass is 380 g/mol. The molecule has 0 amide bonds. The van der Waals surface area contributed by atoms with Gasteiger partial charge in [-0.25, -0.2) is 0 Å². The van der Waals surface area contributed by atoms with E-state index in [1.54, 1.807) is 6.08 Å². The summed E-state index contributed by atoms with van der Waals surface area (Å²) in [6.07, 6.45) is 4.19. The SMILES string of the molecule is C=C1/C=C(\C)[C@H](CC)OC(=O)[C@H](C)C(=O)[C@@](O)(CO)C/C(OC)=C\[C@@H](C)C1. The van der Waals surface area contributed by atoms with Crippen molar-refractivity contribution in [1.82, 2.24) is 0 Å².